The van der Waals surface area contributed by atoms with E-state index in [1.54, 1.807) is 6.21 Å². The number of nitrogens with one attached hydrogen (secondary N) is 1. The van der Waals surface area contributed by atoms with Crippen LogP contribution in [0.2, 0.25) is 0 Å². The summed E-state index contributed by atoms with van der Waals surface area (Å²) in [6.07, 6.45) is 1.63. The molecule has 0 atom stereocenters. The molecule has 0 unspecified atom stereocenters. The average Bonchev–Trinajstić information content (AvgIpc) is 2.16. The maximum atomic E-state index is 10.6. The highest BCUT2D eigenvalue weighted by Gasteiger charge is 2.12. The minimum atomic E-state index is -0.164. The van der Waals surface area contributed by atoms with Crippen molar-refractivity contribution in [2.75, 3.05) is 0 Å². The average molecular weight is 218 g/mol. The molecule has 0 aliphatic rings. The molecule has 86 valence electrons. The molecule has 0 radical (unpaired) electrons. The molecule has 0 saturated carbocycles. The zero-order chi connectivity index (χ0) is 12.2. The van der Waals surface area contributed by atoms with Crippen LogP contribution in [-0.2, 0) is 10.2 Å². The Bertz CT molecular complexity index is 385. The summed E-state index contributed by atoms with van der Waals surface area (Å²) >= 11 is 0. The van der Waals surface area contributed by atoms with Crippen molar-refractivity contribution in [1.29, 1.82) is 0 Å². The van der Waals surface area contributed by atoms with Crippen molar-refractivity contribution in [3.8, 4) is 0 Å². The summed E-state index contributed by atoms with van der Waals surface area (Å²) in [6, 6.07) is 8.14. The topological polar surface area (TPSA) is 41.5 Å². The molecule has 0 saturated heterocycles. The SMILES string of the molecule is CC(=O)N/N=C/c1ccc(C(C)(C)C)cc1. The number of rotatable bonds is 2. The van der Waals surface area contributed by atoms with Gasteiger partial charge in [-0.1, -0.05) is 45.0 Å². The van der Waals surface area contributed by atoms with E-state index < -0.39 is 0 Å². The highest BCUT2D eigenvalue weighted by Crippen LogP contribution is 2.21. The standard InChI is InChI=1S/C13H18N2O/c1-10(16)15-14-9-11-5-7-12(8-6-11)13(2,3)4/h5-9H,1-4H3,(H,15,16)/b14-9+. The van der Waals surface area contributed by atoms with E-state index in [9.17, 15) is 4.79 Å². The van der Waals surface area contributed by atoms with E-state index in [2.05, 4.69) is 43.4 Å². The van der Waals surface area contributed by atoms with Gasteiger partial charge in [-0.2, -0.15) is 5.10 Å². The first-order chi connectivity index (χ1) is 7.39. The predicted molar refractivity (Wildman–Crippen MR) is 66.6 cm³/mol. The Labute approximate surface area is 96.6 Å². The number of hydrogen-bond acceptors (Lipinski definition) is 2. The minimum Gasteiger partial charge on any atom is -0.274 e. The van der Waals surface area contributed by atoms with Crippen molar-refractivity contribution < 1.29 is 4.79 Å². The summed E-state index contributed by atoms with van der Waals surface area (Å²) in [5, 5.41) is 3.81. The molecule has 0 bridgehead atoms. The lowest BCUT2D eigenvalue weighted by Gasteiger charge is -2.18. The Hall–Kier alpha value is -1.64. The number of hydrogen-bond donors (Lipinski definition) is 1. The van der Waals surface area contributed by atoms with Gasteiger partial charge < -0.3 is 0 Å². The number of amides is 1. The molecular formula is C13H18N2O. The Morgan fingerprint density at radius 1 is 1.25 bits per heavy atom. The molecule has 1 aromatic rings. The second kappa shape index (κ2) is 4.92. The summed E-state index contributed by atoms with van der Waals surface area (Å²) in [4.78, 5) is 10.6. The van der Waals surface area contributed by atoms with E-state index in [0.717, 1.165) is 5.56 Å². The maximum Gasteiger partial charge on any atom is 0.236 e. The fourth-order valence-corrected chi connectivity index (χ4v) is 1.27. The van der Waals surface area contributed by atoms with Gasteiger partial charge in [0, 0.05) is 6.92 Å². The summed E-state index contributed by atoms with van der Waals surface area (Å²) in [6.45, 7) is 7.95. The van der Waals surface area contributed by atoms with E-state index in [4.69, 9.17) is 0 Å². The number of nitrogens with zero attached hydrogens (tertiary/aromatic N) is 1. The Morgan fingerprint density at radius 2 is 1.81 bits per heavy atom. The molecule has 1 amide bonds. The van der Waals surface area contributed by atoms with Crippen molar-refractivity contribution in [2.45, 2.75) is 33.1 Å². The molecule has 3 heteroatoms. The predicted octanol–water partition coefficient (Wildman–Crippen LogP) is 2.45. The van der Waals surface area contributed by atoms with Crippen LogP contribution < -0.4 is 5.43 Å². The molecule has 0 aliphatic carbocycles. The second-order valence-electron chi connectivity index (χ2n) is 4.80. The normalized spacial score (nSPS) is 11.8. The van der Waals surface area contributed by atoms with Crippen molar-refractivity contribution >= 4 is 12.1 Å². The first-order valence-corrected chi connectivity index (χ1v) is 5.30. The minimum absolute atomic E-state index is 0.160. The third-order valence-electron chi connectivity index (χ3n) is 2.21. The quantitative estimate of drug-likeness (QED) is 0.601. The summed E-state index contributed by atoms with van der Waals surface area (Å²) in [7, 11) is 0. The van der Waals surface area contributed by atoms with E-state index in [1.165, 1.54) is 12.5 Å². The summed E-state index contributed by atoms with van der Waals surface area (Å²) < 4.78 is 0. The summed E-state index contributed by atoms with van der Waals surface area (Å²) in [5.74, 6) is -0.164. The van der Waals surface area contributed by atoms with Gasteiger partial charge in [0.1, 0.15) is 0 Å². The second-order valence-corrected chi connectivity index (χ2v) is 4.80. The molecule has 0 spiro atoms. The molecule has 0 fully saturated rings. The van der Waals surface area contributed by atoms with Gasteiger partial charge in [-0.15, -0.1) is 0 Å². The van der Waals surface area contributed by atoms with Gasteiger partial charge in [0.25, 0.3) is 0 Å². The molecule has 0 heterocycles. The molecule has 0 aliphatic heterocycles. The first-order valence-electron chi connectivity index (χ1n) is 5.30. The lowest BCUT2D eigenvalue weighted by molar-refractivity contribution is -0.118. The lowest BCUT2D eigenvalue weighted by atomic mass is 9.87. The Kier molecular flexibility index (Phi) is 3.82. The fraction of sp³-hybridized carbons (Fsp3) is 0.385. The lowest BCUT2D eigenvalue weighted by Crippen LogP contribution is -2.12. The van der Waals surface area contributed by atoms with Gasteiger partial charge in [-0.05, 0) is 16.5 Å². The summed E-state index contributed by atoms with van der Waals surface area (Å²) in [5.41, 5.74) is 4.78. The largest absolute Gasteiger partial charge is 0.274 e. The van der Waals surface area contributed by atoms with Crippen LogP contribution in [0.25, 0.3) is 0 Å². The van der Waals surface area contributed by atoms with Crippen LogP contribution in [0.3, 0.4) is 0 Å². The number of carbonyl (C=O) groups is 1. The van der Waals surface area contributed by atoms with Crippen LogP contribution in [0.1, 0.15) is 38.8 Å². The Balaban J connectivity index is 2.72. The van der Waals surface area contributed by atoms with Crippen molar-refractivity contribution in [2.24, 2.45) is 5.10 Å². The van der Waals surface area contributed by atoms with Gasteiger partial charge in [-0.3, -0.25) is 4.79 Å². The van der Waals surface area contributed by atoms with Gasteiger partial charge in [0.15, 0.2) is 0 Å². The first kappa shape index (κ1) is 12.4. The molecule has 16 heavy (non-hydrogen) atoms. The molecule has 1 N–H and O–H groups in total. The van der Waals surface area contributed by atoms with Crippen molar-refractivity contribution in [3.63, 3.8) is 0 Å². The van der Waals surface area contributed by atoms with Crippen LogP contribution in [0.4, 0.5) is 0 Å². The van der Waals surface area contributed by atoms with Gasteiger partial charge in [0.05, 0.1) is 6.21 Å². The monoisotopic (exact) mass is 218 g/mol. The van der Waals surface area contributed by atoms with Crippen LogP contribution in [-0.4, -0.2) is 12.1 Å². The van der Waals surface area contributed by atoms with Gasteiger partial charge >= 0.3 is 0 Å². The molecule has 1 aromatic carbocycles. The zero-order valence-electron chi connectivity index (χ0n) is 10.2. The third-order valence-corrected chi connectivity index (χ3v) is 2.21. The zero-order valence-corrected chi connectivity index (χ0v) is 10.2. The highest BCUT2D eigenvalue weighted by molar-refractivity contribution is 5.81. The molecule has 3 nitrogen and oxygen atoms in total. The van der Waals surface area contributed by atoms with Crippen LogP contribution >= 0.6 is 0 Å². The van der Waals surface area contributed by atoms with E-state index in [1.807, 2.05) is 12.1 Å². The number of carbonyl (C=O) groups excluding carboxylic acids is 1. The molecule has 0 aromatic heterocycles. The third kappa shape index (κ3) is 3.85. The number of hydrazone groups is 1. The molecular weight excluding hydrogens is 200 g/mol. The van der Waals surface area contributed by atoms with Crippen molar-refractivity contribution in [1.82, 2.24) is 5.43 Å². The van der Waals surface area contributed by atoms with Crippen LogP contribution in [0.5, 0.6) is 0 Å². The van der Waals surface area contributed by atoms with Crippen LogP contribution in [0.15, 0.2) is 29.4 Å². The van der Waals surface area contributed by atoms with Crippen LogP contribution in [0, 0.1) is 0 Å². The van der Waals surface area contributed by atoms with Crippen molar-refractivity contribution in [3.05, 3.63) is 35.4 Å². The van der Waals surface area contributed by atoms with Gasteiger partial charge in [0.2, 0.25) is 5.91 Å². The van der Waals surface area contributed by atoms with E-state index >= 15 is 0 Å². The smallest absolute Gasteiger partial charge is 0.236 e. The molecule has 1 rings (SSSR count). The highest BCUT2D eigenvalue weighted by atomic mass is 16.2. The Morgan fingerprint density at radius 3 is 2.25 bits per heavy atom. The number of benzene rings is 1. The van der Waals surface area contributed by atoms with Gasteiger partial charge in [-0.25, -0.2) is 5.43 Å². The maximum absolute atomic E-state index is 10.6. The fourth-order valence-electron chi connectivity index (χ4n) is 1.27. The van der Waals surface area contributed by atoms with E-state index in [0.29, 0.717) is 0 Å². The van der Waals surface area contributed by atoms with E-state index in [-0.39, 0.29) is 11.3 Å².